The van der Waals surface area contributed by atoms with Crippen LogP contribution in [0.2, 0.25) is 5.02 Å². The summed E-state index contributed by atoms with van der Waals surface area (Å²) in [6.45, 7) is 2.14. The monoisotopic (exact) mass is 444 g/mol. The third-order valence-corrected chi connectivity index (χ3v) is 6.07. The Morgan fingerprint density at radius 2 is 2.18 bits per heavy atom. The van der Waals surface area contributed by atoms with Gasteiger partial charge < -0.3 is 10.5 Å². The van der Waals surface area contributed by atoms with Crippen molar-refractivity contribution in [1.82, 2.24) is 10.2 Å². The van der Waals surface area contributed by atoms with Crippen molar-refractivity contribution in [3.05, 3.63) is 45.4 Å². The molecule has 0 bridgehead atoms. The topological polar surface area (TPSA) is 124 Å². The molecule has 152 valence electrons. The number of carbonyl (C=O) groups is 1. The van der Waals surface area contributed by atoms with Crippen LogP contribution in [0.5, 0.6) is 0 Å². The van der Waals surface area contributed by atoms with E-state index in [0.717, 1.165) is 22.5 Å². The molecule has 28 heavy (non-hydrogen) atoms. The maximum atomic E-state index is 12.2. The smallest absolute Gasteiger partial charge is 0.305 e. The predicted octanol–water partition coefficient (Wildman–Crippen LogP) is 2.60. The zero-order valence-corrected chi connectivity index (χ0v) is 17.6. The fourth-order valence-electron chi connectivity index (χ4n) is 2.17. The van der Waals surface area contributed by atoms with Gasteiger partial charge in [-0.15, -0.1) is 10.2 Å². The van der Waals surface area contributed by atoms with Crippen LogP contribution >= 0.6 is 22.9 Å². The van der Waals surface area contributed by atoms with Gasteiger partial charge >= 0.3 is 5.97 Å². The SMILES string of the molecule is CCC(=O)OCCc1nnc(NS(=O)(=O)CC=Cc2cccc(Cl)c2CN)s1. The van der Waals surface area contributed by atoms with Crippen LogP contribution < -0.4 is 10.5 Å². The summed E-state index contributed by atoms with van der Waals surface area (Å²) < 4.78 is 31.8. The van der Waals surface area contributed by atoms with Crippen molar-refractivity contribution in [3.63, 3.8) is 0 Å². The van der Waals surface area contributed by atoms with E-state index in [2.05, 4.69) is 14.9 Å². The van der Waals surface area contributed by atoms with E-state index in [0.29, 0.717) is 22.9 Å². The minimum Gasteiger partial charge on any atom is -0.465 e. The third kappa shape index (κ3) is 6.86. The molecular formula is C17H21ClN4O4S2. The molecule has 2 aromatic rings. The summed E-state index contributed by atoms with van der Waals surface area (Å²) in [5.41, 5.74) is 7.20. The van der Waals surface area contributed by atoms with Crippen molar-refractivity contribution in [2.24, 2.45) is 5.73 Å². The molecule has 0 aliphatic heterocycles. The average molecular weight is 445 g/mol. The second kappa shape index (κ2) is 10.5. The van der Waals surface area contributed by atoms with Gasteiger partial charge in [-0.25, -0.2) is 8.42 Å². The summed E-state index contributed by atoms with van der Waals surface area (Å²) in [6.07, 6.45) is 3.86. The van der Waals surface area contributed by atoms with Crippen molar-refractivity contribution in [3.8, 4) is 0 Å². The molecule has 0 fully saturated rings. The number of nitrogens with zero attached hydrogens (tertiary/aromatic N) is 2. The predicted molar refractivity (Wildman–Crippen MR) is 111 cm³/mol. The number of benzene rings is 1. The molecule has 3 N–H and O–H groups in total. The van der Waals surface area contributed by atoms with Crippen molar-refractivity contribution in [2.45, 2.75) is 26.3 Å². The summed E-state index contributed by atoms with van der Waals surface area (Å²) in [5, 5.41) is 8.97. The molecule has 8 nitrogen and oxygen atoms in total. The molecular weight excluding hydrogens is 424 g/mol. The normalized spacial score (nSPS) is 11.7. The van der Waals surface area contributed by atoms with E-state index < -0.39 is 10.0 Å². The largest absolute Gasteiger partial charge is 0.465 e. The molecule has 0 saturated heterocycles. The van der Waals surface area contributed by atoms with E-state index in [1.54, 1.807) is 25.1 Å². The van der Waals surface area contributed by atoms with Crippen LogP contribution in [0.25, 0.3) is 6.08 Å². The van der Waals surface area contributed by atoms with Crippen LogP contribution in [0.15, 0.2) is 24.3 Å². The molecule has 0 spiro atoms. The Morgan fingerprint density at radius 1 is 1.39 bits per heavy atom. The third-order valence-electron chi connectivity index (χ3n) is 3.55. The molecule has 1 heterocycles. The number of nitrogens with one attached hydrogen (secondary N) is 1. The first-order valence-electron chi connectivity index (χ1n) is 8.47. The number of nitrogens with two attached hydrogens (primary N) is 1. The standard InChI is InChI=1S/C17H21ClN4O4S2/c1-2-16(23)26-9-8-15-20-21-17(27-15)22-28(24,25)10-4-6-12-5-3-7-14(18)13(12)11-19/h3-7H,2,8-11,19H2,1H3,(H,21,22). The maximum Gasteiger partial charge on any atom is 0.305 e. The molecule has 0 amide bonds. The summed E-state index contributed by atoms with van der Waals surface area (Å²) in [6, 6.07) is 5.32. The molecule has 11 heteroatoms. The van der Waals surface area contributed by atoms with E-state index in [1.165, 1.54) is 6.08 Å². The van der Waals surface area contributed by atoms with E-state index in [1.807, 2.05) is 6.07 Å². The fourth-order valence-corrected chi connectivity index (χ4v) is 4.29. The van der Waals surface area contributed by atoms with Gasteiger partial charge in [-0.3, -0.25) is 9.52 Å². The van der Waals surface area contributed by atoms with Crippen molar-refractivity contribution >= 4 is 50.1 Å². The molecule has 0 atom stereocenters. The number of esters is 1. The molecule has 1 aromatic heterocycles. The number of hydrogen-bond donors (Lipinski definition) is 2. The summed E-state index contributed by atoms with van der Waals surface area (Å²) in [7, 11) is -3.64. The van der Waals surface area contributed by atoms with E-state index in [4.69, 9.17) is 22.1 Å². The highest BCUT2D eigenvalue weighted by Crippen LogP contribution is 2.21. The zero-order valence-electron chi connectivity index (χ0n) is 15.2. The number of ether oxygens (including phenoxy) is 1. The Balaban J connectivity index is 1.92. The van der Waals surface area contributed by atoms with E-state index in [9.17, 15) is 13.2 Å². The van der Waals surface area contributed by atoms with Gasteiger partial charge in [-0.05, 0) is 17.2 Å². The molecule has 0 radical (unpaired) electrons. The van der Waals surface area contributed by atoms with Gasteiger partial charge in [0.15, 0.2) is 0 Å². The van der Waals surface area contributed by atoms with Gasteiger partial charge in [-0.2, -0.15) is 0 Å². The van der Waals surface area contributed by atoms with Gasteiger partial charge in [0.25, 0.3) is 0 Å². The summed E-state index contributed by atoms with van der Waals surface area (Å²) in [5.74, 6) is -0.540. The van der Waals surface area contributed by atoms with Crippen LogP contribution in [-0.4, -0.2) is 36.9 Å². The highest BCUT2D eigenvalue weighted by atomic mass is 35.5. The summed E-state index contributed by atoms with van der Waals surface area (Å²) >= 11 is 7.18. The number of sulfonamides is 1. The van der Waals surface area contributed by atoms with Crippen LogP contribution in [0.1, 0.15) is 29.5 Å². The first-order chi connectivity index (χ1) is 13.3. The van der Waals surface area contributed by atoms with Gasteiger partial charge in [0.1, 0.15) is 5.01 Å². The molecule has 0 unspecified atom stereocenters. The first kappa shape index (κ1) is 22.3. The van der Waals surface area contributed by atoms with Gasteiger partial charge in [0, 0.05) is 24.4 Å². The number of anilines is 1. The Hall–Kier alpha value is -2.01. The number of rotatable bonds is 10. The van der Waals surface area contributed by atoms with E-state index >= 15 is 0 Å². The minimum absolute atomic E-state index is 0.163. The number of hydrogen-bond acceptors (Lipinski definition) is 8. The minimum atomic E-state index is -3.64. The second-order valence-corrected chi connectivity index (χ2v) is 8.86. The second-order valence-electron chi connectivity index (χ2n) is 5.62. The highest BCUT2D eigenvalue weighted by molar-refractivity contribution is 7.93. The van der Waals surface area contributed by atoms with E-state index in [-0.39, 0.29) is 30.0 Å². The average Bonchev–Trinajstić information content (AvgIpc) is 3.08. The van der Waals surface area contributed by atoms with Crippen LogP contribution in [0.3, 0.4) is 0 Å². The van der Waals surface area contributed by atoms with Gasteiger partial charge in [-0.1, -0.05) is 54.1 Å². The van der Waals surface area contributed by atoms with Gasteiger partial charge in [0.2, 0.25) is 15.2 Å². The number of aromatic nitrogens is 2. The molecule has 1 aromatic carbocycles. The maximum absolute atomic E-state index is 12.2. The Bertz CT molecular complexity index is 944. The Labute approximate surface area is 172 Å². The zero-order chi connectivity index (χ0) is 20.6. The lowest BCUT2D eigenvalue weighted by Gasteiger charge is -2.05. The first-order valence-corrected chi connectivity index (χ1v) is 11.3. The Kier molecular flexibility index (Phi) is 8.36. The van der Waals surface area contributed by atoms with Crippen LogP contribution in [0, 0.1) is 0 Å². The fraction of sp³-hybridized carbons (Fsp3) is 0.353. The van der Waals surface area contributed by atoms with Crippen LogP contribution in [0.4, 0.5) is 5.13 Å². The van der Waals surface area contributed by atoms with Crippen molar-refractivity contribution in [1.29, 1.82) is 0 Å². The van der Waals surface area contributed by atoms with Crippen LogP contribution in [-0.2, 0) is 32.5 Å². The highest BCUT2D eigenvalue weighted by Gasteiger charge is 2.13. The summed E-state index contributed by atoms with van der Waals surface area (Å²) in [4.78, 5) is 11.1. The molecule has 0 aliphatic carbocycles. The Morgan fingerprint density at radius 3 is 2.89 bits per heavy atom. The van der Waals surface area contributed by atoms with Crippen molar-refractivity contribution < 1.29 is 17.9 Å². The molecule has 0 saturated carbocycles. The number of carbonyl (C=O) groups excluding carboxylic acids is 1. The lowest BCUT2D eigenvalue weighted by molar-refractivity contribution is -0.143. The van der Waals surface area contributed by atoms with Crippen molar-refractivity contribution in [2.75, 3.05) is 17.1 Å². The number of halogens is 1. The lowest BCUT2D eigenvalue weighted by Crippen LogP contribution is -2.15. The van der Waals surface area contributed by atoms with Gasteiger partial charge in [0.05, 0.1) is 12.4 Å². The quantitative estimate of drug-likeness (QED) is 0.539. The molecule has 0 aliphatic rings. The lowest BCUT2D eigenvalue weighted by atomic mass is 10.1. The molecule has 2 rings (SSSR count).